The molecule has 0 radical (unpaired) electrons. The van der Waals surface area contributed by atoms with Gasteiger partial charge in [-0.05, 0) is 12.5 Å². The van der Waals surface area contributed by atoms with Crippen LogP contribution in [0.1, 0.15) is 13.3 Å². The molecular weight excluding hydrogens is 266 g/mol. The molecule has 0 aliphatic heterocycles. The third kappa shape index (κ3) is 4.96. The summed E-state index contributed by atoms with van der Waals surface area (Å²) in [6, 6.07) is 2.90. The lowest BCUT2D eigenvalue weighted by Gasteiger charge is -2.09. The summed E-state index contributed by atoms with van der Waals surface area (Å²) in [7, 11) is 0. The molecule has 0 aliphatic carbocycles. The van der Waals surface area contributed by atoms with Crippen LogP contribution in [0.4, 0.5) is 22.1 Å². The normalized spacial score (nSPS) is 9.85. The fourth-order valence-electron chi connectivity index (χ4n) is 1.40. The van der Waals surface area contributed by atoms with E-state index in [0.717, 1.165) is 13.0 Å². The first kappa shape index (κ1) is 15.5. The number of nitro groups is 1. The van der Waals surface area contributed by atoms with Crippen LogP contribution in [0.15, 0.2) is 12.1 Å². The molecule has 20 heavy (non-hydrogen) atoms. The summed E-state index contributed by atoms with van der Waals surface area (Å²) in [6.07, 6.45) is 0.0149. The lowest BCUT2D eigenvalue weighted by molar-refractivity contribution is -0.384. The maximum Gasteiger partial charge on any atom is 0.404 e. The molecule has 110 valence electrons. The van der Waals surface area contributed by atoms with Gasteiger partial charge in [-0.3, -0.25) is 10.1 Å². The number of carbonyl (C=O) groups is 1. The Morgan fingerprint density at radius 3 is 2.80 bits per heavy atom. The number of amides is 1. The summed E-state index contributed by atoms with van der Waals surface area (Å²) in [5.74, 6) is 0.653. The largest absolute Gasteiger partial charge is 0.448 e. The summed E-state index contributed by atoms with van der Waals surface area (Å²) in [5.41, 5.74) is 4.66. The minimum atomic E-state index is -0.896. The van der Waals surface area contributed by atoms with E-state index in [1.807, 2.05) is 6.92 Å². The second kappa shape index (κ2) is 7.77. The molecule has 0 spiro atoms. The van der Waals surface area contributed by atoms with Crippen molar-refractivity contribution in [3.63, 3.8) is 0 Å². The Bertz CT molecular complexity index is 480. The van der Waals surface area contributed by atoms with Gasteiger partial charge < -0.3 is 21.1 Å². The molecular formula is C11H17N5O4. The first-order valence-electron chi connectivity index (χ1n) is 6.10. The number of rotatable bonds is 8. The van der Waals surface area contributed by atoms with Gasteiger partial charge in [0.25, 0.3) is 0 Å². The van der Waals surface area contributed by atoms with E-state index in [0.29, 0.717) is 5.82 Å². The maximum absolute atomic E-state index is 10.9. The first-order chi connectivity index (χ1) is 9.54. The van der Waals surface area contributed by atoms with Crippen molar-refractivity contribution < 1.29 is 14.5 Å². The predicted molar refractivity (Wildman–Crippen MR) is 73.7 cm³/mol. The molecule has 0 saturated heterocycles. The lowest BCUT2D eigenvalue weighted by atomic mass is 10.3. The van der Waals surface area contributed by atoms with Crippen LogP contribution >= 0.6 is 0 Å². The Labute approximate surface area is 115 Å². The van der Waals surface area contributed by atoms with Crippen molar-refractivity contribution in [2.75, 3.05) is 30.3 Å². The zero-order valence-electron chi connectivity index (χ0n) is 11.1. The predicted octanol–water partition coefficient (Wildman–Crippen LogP) is 1.32. The number of aromatic nitrogens is 1. The van der Waals surface area contributed by atoms with Crippen LogP contribution in [0, 0.1) is 10.1 Å². The highest BCUT2D eigenvalue weighted by atomic mass is 16.6. The zero-order chi connectivity index (χ0) is 15.0. The van der Waals surface area contributed by atoms with Crippen molar-refractivity contribution in [1.29, 1.82) is 0 Å². The van der Waals surface area contributed by atoms with Crippen LogP contribution in [0.2, 0.25) is 0 Å². The van der Waals surface area contributed by atoms with Crippen LogP contribution in [0.25, 0.3) is 0 Å². The SMILES string of the molecule is CCCNc1ccc([N+](=O)[O-])c(NCCOC(N)=O)n1. The number of nitrogens with zero attached hydrogens (tertiary/aromatic N) is 2. The monoisotopic (exact) mass is 283 g/mol. The number of anilines is 2. The number of nitrogens with one attached hydrogen (secondary N) is 2. The van der Waals surface area contributed by atoms with Crippen molar-refractivity contribution in [2.24, 2.45) is 5.73 Å². The van der Waals surface area contributed by atoms with Crippen molar-refractivity contribution in [3.05, 3.63) is 22.2 Å². The highest BCUT2D eigenvalue weighted by molar-refractivity contribution is 5.64. The van der Waals surface area contributed by atoms with Crippen molar-refractivity contribution >= 4 is 23.4 Å². The molecule has 0 atom stereocenters. The molecule has 9 heteroatoms. The Kier molecular flexibility index (Phi) is 6.01. The first-order valence-corrected chi connectivity index (χ1v) is 6.10. The Morgan fingerprint density at radius 2 is 2.20 bits per heavy atom. The van der Waals surface area contributed by atoms with Crippen LogP contribution in [-0.2, 0) is 4.74 Å². The molecule has 0 bridgehead atoms. The summed E-state index contributed by atoms with van der Waals surface area (Å²) in [4.78, 5) is 24.9. The van der Waals surface area contributed by atoms with Crippen LogP contribution in [-0.4, -0.2) is 35.7 Å². The molecule has 1 aromatic heterocycles. The van der Waals surface area contributed by atoms with Gasteiger partial charge in [0.15, 0.2) is 0 Å². The average Bonchev–Trinajstić information content (AvgIpc) is 2.41. The molecule has 0 unspecified atom stereocenters. The van der Waals surface area contributed by atoms with Crippen LogP contribution in [0.3, 0.4) is 0 Å². The minimum absolute atomic E-state index is 0.000778. The fourth-order valence-corrected chi connectivity index (χ4v) is 1.40. The van der Waals surface area contributed by atoms with Gasteiger partial charge in [-0.25, -0.2) is 9.78 Å². The topological polar surface area (TPSA) is 132 Å². The Balaban J connectivity index is 2.72. The van der Waals surface area contributed by atoms with E-state index in [9.17, 15) is 14.9 Å². The standard InChI is InChI=1S/C11H17N5O4/c1-2-5-13-9-4-3-8(16(18)19)10(15-9)14-6-7-20-11(12)17/h3-4H,2,5-7H2,1H3,(H2,12,17)(H2,13,14,15). The number of carbonyl (C=O) groups excluding carboxylic acids is 1. The molecule has 0 aliphatic rings. The number of ether oxygens (including phenoxy) is 1. The molecule has 0 saturated carbocycles. The maximum atomic E-state index is 10.9. The van der Waals surface area contributed by atoms with E-state index in [-0.39, 0.29) is 24.7 Å². The van der Waals surface area contributed by atoms with Crippen molar-refractivity contribution in [1.82, 2.24) is 4.98 Å². The van der Waals surface area contributed by atoms with E-state index < -0.39 is 11.0 Å². The number of nitrogens with two attached hydrogens (primary N) is 1. The van der Waals surface area contributed by atoms with Crippen molar-refractivity contribution in [3.8, 4) is 0 Å². The Hall–Kier alpha value is -2.58. The minimum Gasteiger partial charge on any atom is -0.448 e. The van der Waals surface area contributed by atoms with Gasteiger partial charge in [0.1, 0.15) is 12.4 Å². The highest BCUT2D eigenvalue weighted by Gasteiger charge is 2.15. The van der Waals surface area contributed by atoms with E-state index >= 15 is 0 Å². The zero-order valence-corrected chi connectivity index (χ0v) is 11.1. The fraction of sp³-hybridized carbons (Fsp3) is 0.455. The second-order valence-electron chi connectivity index (χ2n) is 3.84. The van der Waals surface area contributed by atoms with Gasteiger partial charge >= 0.3 is 11.8 Å². The van der Waals surface area contributed by atoms with Crippen LogP contribution in [0.5, 0.6) is 0 Å². The quantitative estimate of drug-likeness (QED) is 0.372. The average molecular weight is 283 g/mol. The van der Waals surface area contributed by atoms with E-state index in [2.05, 4.69) is 20.4 Å². The molecule has 1 aromatic rings. The van der Waals surface area contributed by atoms with E-state index in [4.69, 9.17) is 5.73 Å². The number of hydrogen-bond donors (Lipinski definition) is 3. The Morgan fingerprint density at radius 1 is 1.45 bits per heavy atom. The van der Waals surface area contributed by atoms with Gasteiger partial charge in [0, 0.05) is 12.6 Å². The van der Waals surface area contributed by atoms with Gasteiger partial charge in [-0.15, -0.1) is 0 Å². The van der Waals surface area contributed by atoms with Crippen molar-refractivity contribution in [2.45, 2.75) is 13.3 Å². The number of pyridine rings is 1. The molecule has 1 heterocycles. The summed E-state index contributed by atoms with van der Waals surface area (Å²) >= 11 is 0. The molecule has 4 N–H and O–H groups in total. The lowest BCUT2D eigenvalue weighted by Crippen LogP contribution is -2.19. The molecule has 0 fully saturated rings. The van der Waals surface area contributed by atoms with E-state index in [1.165, 1.54) is 6.07 Å². The second-order valence-corrected chi connectivity index (χ2v) is 3.84. The summed E-state index contributed by atoms with van der Waals surface area (Å²) < 4.78 is 4.52. The summed E-state index contributed by atoms with van der Waals surface area (Å²) in [5, 5.41) is 16.7. The van der Waals surface area contributed by atoms with Gasteiger partial charge in [-0.1, -0.05) is 6.92 Å². The van der Waals surface area contributed by atoms with E-state index in [1.54, 1.807) is 6.07 Å². The molecule has 9 nitrogen and oxygen atoms in total. The molecule has 1 amide bonds. The van der Waals surface area contributed by atoms with Crippen LogP contribution < -0.4 is 16.4 Å². The third-order valence-corrected chi connectivity index (χ3v) is 2.27. The van der Waals surface area contributed by atoms with Gasteiger partial charge in [0.2, 0.25) is 5.82 Å². The number of primary amides is 1. The molecule has 0 aromatic carbocycles. The summed E-state index contributed by atoms with van der Waals surface area (Å²) in [6.45, 7) is 2.89. The number of hydrogen-bond acceptors (Lipinski definition) is 7. The van der Waals surface area contributed by atoms with Gasteiger partial charge in [-0.2, -0.15) is 0 Å². The molecule has 1 rings (SSSR count). The highest BCUT2D eigenvalue weighted by Crippen LogP contribution is 2.23. The van der Waals surface area contributed by atoms with Gasteiger partial charge in [0.05, 0.1) is 11.5 Å². The smallest absolute Gasteiger partial charge is 0.404 e. The third-order valence-electron chi connectivity index (χ3n) is 2.27.